The molecule has 0 bridgehead atoms. The molecule has 0 saturated heterocycles. The highest BCUT2D eigenvalue weighted by molar-refractivity contribution is 7.91. The van der Waals surface area contributed by atoms with Gasteiger partial charge in [0.2, 0.25) is 0 Å². The van der Waals surface area contributed by atoms with E-state index in [1.54, 1.807) is 19.2 Å². The van der Waals surface area contributed by atoms with Crippen LogP contribution >= 0.6 is 0 Å². The van der Waals surface area contributed by atoms with Crippen molar-refractivity contribution in [1.29, 1.82) is 0 Å². The first kappa shape index (κ1) is 39.8. The largest absolute Gasteiger partial charge is 0.508 e. The summed E-state index contributed by atoms with van der Waals surface area (Å²) >= 11 is 0. The van der Waals surface area contributed by atoms with E-state index in [0.717, 1.165) is 73.3 Å². The SMILES string of the molecule is COCCCN(CCCCCCC1=C(c2cc(F)cc(F)c2)CCCc2cc(O)ccc21)CCCS(=O)(=O)CCCC(F)(F)C(F)(F)F. The maximum Gasteiger partial charge on any atom is 0.453 e. The van der Waals surface area contributed by atoms with E-state index in [4.69, 9.17) is 4.74 Å². The van der Waals surface area contributed by atoms with Crippen LogP contribution in [-0.2, 0) is 21.0 Å². The Labute approximate surface area is 279 Å². The fraction of sp³-hybridized carbons (Fsp3) is 0.600. The maximum absolute atomic E-state index is 14.2. The number of aromatic hydroxyl groups is 1. The van der Waals surface area contributed by atoms with Crippen molar-refractivity contribution in [2.45, 2.75) is 89.1 Å². The molecule has 5 nitrogen and oxygen atoms in total. The molecule has 0 unspecified atom stereocenters. The Morgan fingerprint density at radius 2 is 1.46 bits per heavy atom. The summed E-state index contributed by atoms with van der Waals surface area (Å²) < 4.78 is 121. The Morgan fingerprint density at radius 3 is 2.15 bits per heavy atom. The number of sulfone groups is 1. The highest BCUT2D eigenvalue weighted by atomic mass is 32.2. The highest BCUT2D eigenvalue weighted by Gasteiger charge is 2.56. The van der Waals surface area contributed by atoms with Crippen LogP contribution in [0.25, 0.3) is 11.1 Å². The van der Waals surface area contributed by atoms with Gasteiger partial charge in [-0.15, -0.1) is 0 Å². The summed E-state index contributed by atoms with van der Waals surface area (Å²) in [5.74, 6) is -7.02. The Bertz CT molecular complexity index is 1440. The fourth-order valence-corrected chi connectivity index (χ4v) is 7.56. The van der Waals surface area contributed by atoms with E-state index in [1.807, 2.05) is 6.07 Å². The van der Waals surface area contributed by atoms with Gasteiger partial charge in [-0.1, -0.05) is 18.9 Å². The van der Waals surface area contributed by atoms with E-state index in [9.17, 15) is 44.3 Å². The normalized spacial score (nSPS) is 14.4. The molecule has 1 N–H and O–H groups in total. The van der Waals surface area contributed by atoms with Crippen LogP contribution in [0.4, 0.5) is 30.7 Å². The second kappa shape index (κ2) is 18.4. The topological polar surface area (TPSA) is 66.8 Å². The minimum atomic E-state index is -5.70. The van der Waals surface area contributed by atoms with Gasteiger partial charge in [-0.3, -0.25) is 0 Å². The van der Waals surface area contributed by atoms with Gasteiger partial charge in [-0.2, -0.15) is 22.0 Å². The van der Waals surface area contributed by atoms with Gasteiger partial charge in [-0.05, 0) is 123 Å². The number of halogens is 7. The third kappa shape index (κ3) is 12.7. The van der Waals surface area contributed by atoms with Crippen molar-refractivity contribution in [2.75, 3.05) is 44.9 Å². The molecule has 0 heterocycles. The lowest BCUT2D eigenvalue weighted by Gasteiger charge is -2.22. The maximum atomic E-state index is 14.2. The number of hydrogen-bond acceptors (Lipinski definition) is 5. The van der Waals surface area contributed by atoms with Crippen LogP contribution in [0.3, 0.4) is 0 Å². The zero-order chi connectivity index (χ0) is 35.4. The van der Waals surface area contributed by atoms with Crippen molar-refractivity contribution in [3.63, 3.8) is 0 Å². The second-order valence-corrected chi connectivity index (χ2v) is 14.8. The van der Waals surface area contributed by atoms with E-state index >= 15 is 0 Å². The number of fused-ring (bicyclic) bond motifs is 1. The zero-order valence-electron chi connectivity index (χ0n) is 27.4. The molecule has 2 aromatic carbocycles. The Balaban J connectivity index is 1.54. The van der Waals surface area contributed by atoms with Gasteiger partial charge in [-0.25, -0.2) is 17.2 Å². The zero-order valence-corrected chi connectivity index (χ0v) is 28.2. The Morgan fingerprint density at radius 1 is 0.812 bits per heavy atom. The molecule has 0 spiro atoms. The number of alkyl halides is 5. The van der Waals surface area contributed by atoms with Gasteiger partial charge in [0.1, 0.15) is 27.2 Å². The molecule has 0 aromatic heterocycles. The summed E-state index contributed by atoms with van der Waals surface area (Å²) in [6.45, 7) is 2.32. The van der Waals surface area contributed by atoms with Crippen LogP contribution in [0.2, 0.25) is 0 Å². The number of phenolic OH excluding ortho intramolecular Hbond substituents is 1. The van der Waals surface area contributed by atoms with Gasteiger partial charge in [0.05, 0.1) is 11.5 Å². The molecule has 1 aliphatic carbocycles. The first-order valence-electron chi connectivity index (χ1n) is 16.5. The van der Waals surface area contributed by atoms with Gasteiger partial charge < -0.3 is 14.7 Å². The molecule has 270 valence electrons. The average Bonchev–Trinajstić information content (AvgIpc) is 3.16. The highest BCUT2D eigenvalue weighted by Crippen LogP contribution is 2.40. The van der Waals surface area contributed by atoms with Crippen LogP contribution in [0.1, 0.15) is 87.3 Å². The first-order chi connectivity index (χ1) is 22.6. The van der Waals surface area contributed by atoms with Crippen molar-refractivity contribution >= 4 is 21.0 Å². The van der Waals surface area contributed by atoms with E-state index < -0.39 is 52.2 Å². The van der Waals surface area contributed by atoms with E-state index in [-0.39, 0.29) is 17.9 Å². The number of aryl methyl sites for hydroxylation is 1. The summed E-state index contributed by atoms with van der Waals surface area (Å²) in [5, 5.41) is 10.1. The molecule has 0 atom stereocenters. The van der Waals surface area contributed by atoms with Crippen LogP contribution in [0.15, 0.2) is 36.4 Å². The van der Waals surface area contributed by atoms with Crippen LogP contribution in [0.5, 0.6) is 5.75 Å². The quantitative estimate of drug-likeness (QED) is 0.110. The van der Waals surface area contributed by atoms with Gasteiger partial charge in [0.15, 0.2) is 0 Å². The molecular weight excluding hydrogens is 663 g/mol. The predicted octanol–water partition coefficient (Wildman–Crippen LogP) is 8.99. The number of hydrogen-bond donors (Lipinski definition) is 1. The minimum absolute atomic E-state index is 0.173. The summed E-state index contributed by atoms with van der Waals surface area (Å²) in [7, 11) is -2.20. The Hall–Kier alpha value is -2.64. The Kier molecular flexibility index (Phi) is 15.2. The standard InChI is InChI=1S/C35H46F7NO4S/c1-47-19-8-17-43(18-9-21-48(45,46)20-7-15-34(38,39)35(40,41)42)16-5-3-2-4-11-33-31(27-22-28(36)25-29(37)23-27)12-6-10-26-24-30(44)13-14-32(26)33/h13-14,22-25,44H,2-12,15-21H2,1H3. The molecule has 2 aromatic rings. The lowest BCUT2D eigenvalue weighted by Crippen LogP contribution is -2.36. The number of phenols is 1. The number of nitrogens with zero attached hydrogens (tertiary/aromatic N) is 1. The number of allylic oxidation sites excluding steroid dienone is 2. The van der Waals surface area contributed by atoms with Gasteiger partial charge in [0.25, 0.3) is 0 Å². The third-order valence-corrected chi connectivity index (χ3v) is 10.4. The number of rotatable bonds is 20. The van der Waals surface area contributed by atoms with Crippen LogP contribution in [-0.4, -0.2) is 75.4 Å². The summed E-state index contributed by atoms with van der Waals surface area (Å²) in [4.78, 5) is 2.11. The molecule has 0 amide bonds. The van der Waals surface area contributed by atoms with E-state index in [1.165, 1.54) is 12.1 Å². The number of ether oxygens (including phenoxy) is 1. The fourth-order valence-electron chi connectivity index (χ4n) is 6.21. The monoisotopic (exact) mass is 709 g/mol. The van der Waals surface area contributed by atoms with Crippen LogP contribution < -0.4 is 0 Å². The molecular formula is C35H46F7NO4S. The molecule has 3 rings (SSSR count). The van der Waals surface area contributed by atoms with Crippen molar-refractivity contribution in [1.82, 2.24) is 4.90 Å². The van der Waals surface area contributed by atoms with Crippen molar-refractivity contribution in [3.05, 3.63) is 64.7 Å². The number of unbranched alkanes of at least 4 members (excludes halogenated alkanes) is 3. The van der Waals surface area contributed by atoms with E-state index in [0.29, 0.717) is 44.6 Å². The van der Waals surface area contributed by atoms with Crippen molar-refractivity contribution in [3.8, 4) is 5.75 Å². The molecule has 48 heavy (non-hydrogen) atoms. The third-order valence-electron chi connectivity index (χ3n) is 8.63. The molecule has 0 saturated carbocycles. The summed E-state index contributed by atoms with van der Waals surface area (Å²) in [6.07, 6.45) is -0.788. The lowest BCUT2D eigenvalue weighted by atomic mass is 9.89. The summed E-state index contributed by atoms with van der Waals surface area (Å²) in [6, 6.07) is 8.83. The van der Waals surface area contributed by atoms with E-state index in [2.05, 4.69) is 4.90 Å². The molecule has 0 fully saturated rings. The average molecular weight is 710 g/mol. The predicted molar refractivity (Wildman–Crippen MR) is 174 cm³/mol. The molecule has 13 heteroatoms. The molecule has 1 aliphatic rings. The first-order valence-corrected chi connectivity index (χ1v) is 18.3. The van der Waals surface area contributed by atoms with Crippen molar-refractivity contribution < 1.29 is 49.0 Å². The van der Waals surface area contributed by atoms with Gasteiger partial charge >= 0.3 is 12.1 Å². The molecule has 0 aliphatic heterocycles. The van der Waals surface area contributed by atoms with Gasteiger partial charge in [0, 0.05) is 32.7 Å². The van der Waals surface area contributed by atoms with Crippen LogP contribution in [0, 0.1) is 11.6 Å². The summed E-state index contributed by atoms with van der Waals surface area (Å²) in [5.41, 5.74) is 4.45. The smallest absolute Gasteiger partial charge is 0.453 e. The number of methoxy groups -OCH3 is 1. The molecule has 0 radical (unpaired) electrons. The minimum Gasteiger partial charge on any atom is -0.508 e. The number of benzene rings is 2. The second-order valence-electron chi connectivity index (χ2n) is 12.5. The van der Waals surface area contributed by atoms with Crippen molar-refractivity contribution in [2.24, 2.45) is 0 Å². The lowest BCUT2D eigenvalue weighted by molar-refractivity contribution is -0.284.